The largest absolute Gasteiger partial charge is 0.481 e. The zero-order valence-electron chi connectivity index (χ0n) is 18.5. The number of carbonyl (C=O) groups excluding carboxylic acids is 1. The molecule has 7 heteroatoms. The molecule has 3 aromatic rings. The second kappa shape index (κ2) is 11.5. The molecule has 1 atom stereocenters. The highest BCUT2D eigenvalue weighted by atomic mass is 79.9. The van der Waals surface area contributed by atoms with E-state index < -0.39 is 12.1 Å². The minimum absolute atomic E-state index is 0.0854. The monoisotopic (exact) mass is 511 g/mol. The molecule has 0 bridgehead atoms. The van der Waals surface area contributed by atoms with Crippen molar-refractivity contribution in [2.45, 2.75) is 25.8 Å². The normalized spacial score (nSPS) is 11.5. The van der Waals surface area contributed by atoms with E-state index in [-0.39, 0.29) is 18.9 Å². The van der Waals surface area contributed by atoms with Crippen molar-refractivity contribution in [1.29, 1.82) is 0 Å². The number of rotatable bonds is 9. The number of carboxylic acids is 1. The van der Waals surface area contributed by atoms with Crippen molar-refractivity contribution in [3.8, 4) is 11.5 Å². The molecule has 0 saturated heterocycles. The Morgan fingerprint density at radius 2 is 1.79 bits per heavy atom. The van der Waals surface area contributed by atoms with Crippen LogP contribution in [0, 0.1) is 0 Å². The van der Waals surface area contributed by atoms with Gasteiger partial charge in [-0.3, -0.25) is 4.79 Å². The smallest absolute Gasteiger partial charge is 0.409 e. The van der Waals surface area contributed by atoms with Crippen LogP contribution >= 0.6 is 15.9 Å². The first kappa shape index (κ1) is 24.3. The molecule has 0 fully saturated rings. The van der Waals surface area contributed by atoms with Gasteiger partial charge in [0.15, 0.2) is 0 Å². The average Bonchev–Trinajstić information content (AvgIpc) is 2.80. The fourth-order valence-electron chi connectivity index (χ4n) is 3.55. The van der Waals surface area contributed by atoms with Gasteiger partial charge in [0.25, 0.3) is 0 Å². The van der Waals surface area contributed by atoms with Gasteiger partial charge in [0.05, 0.1) is 20.1 Å². The number of carboxylic acid groups (broad SMARTS) is 1. The van der Waals surface area contributed by atoms with E-state index in [1.807, 2.05) is 48.5 Å². The van der Waals surface area contributed by atoms with Gasteiger partial charge in [-0.25, -0.2) is 4.79 Å². The number of ether oxygens (including phenoxy) is 2. The summed E-state index contributed by atoms with van der Waals surface area (Å²) in [6.45, 7) is 2.82. The minimum Gasteiger partial charge on any atom is -0.481 e. The molecule has 1 N–H and O–H groups in total. The number of hydrogen-bond acceptors (Lipinski definition) is 4. The predicted molar refractivity (Wildman–Crippen MR) is 130 cm³/mol. The van der Waals surface area contributed by atoms with E-state index in [9.17, 15) is 9.59 Å². The summed E-state index contributed by atoms with van der Waals surface area (Å²) in [5, 5.41) is 9.06. The number of nitrogens with zero attached hydrogens (tertiary/aromatic N) is 1. The maximum absolute atomic E-state index is 12.6. The Morgan fingerprint density at radius 3 is 2.48 bits per heavy atom. The van der Waals surface area contributed by atoms with E-state index in [0.717, 1.165) is 15.6 Å². The van der Waals surface area contributed by atoms with Gasteiger partial charge in [-0.1, -0.05) is 65.3 Å². The van der Waals surface area contributed by atoms with Crippen LogP contribution in [0.1, 0.15) is 29.5 Å². The number of methoxy groups -OCH3 is 1. The number of carbonyl (C=O) groups is 2. The van der Waals surface area contributed by atoms with Gasteiger partial charge in [-0.05, 0) is 47.4 Å². The Kier molecular flexibility index (Phi) is 8.49. The minimum atomic E-state index is -0.905. The molecule has 3 rings (SSSR count). The molecule has 0 radical (unpaired) electrons. The second-order valence-corrected chi connectivity index (χ2v) is 8.65. The third kappa shape index (κ3) is 7.08. The summed E-state index contributed by atoms with van der Waals surface area (Å²) in [4.78, 5) is 25.3. The molecular formula is C26H26BrNO5. The quantitative estimate of drug-likeness (QED) is 0.367. The van der Waals surface area contributed by atoms with Gasteiger partial charge in [-0.15, -0.1) is 0 Å². The molecular weight excluding hydrogens is 486 g/mol. The fraction of sp³-hybridized carbons (Fsp3) is 0.231. The standard InChI is InChI=1S/C26H26BrNO5/c1-18(20-8-4-3-5-9-20)16-28(26(31)32-2)17-21-15-22(27)11-12-24(21)33-23-10-6-7-19(13-23)14-25(29)30/h3-13,15,18H,14,16-17H2,1-2H3,(H,29,30)/t18-/m1/s1. The van der Waals surface area contributed by atoms with Crippen molar-refractivity contribution in [3.05, 3.63) is 94.0 Å². The zero-order chi connectivity index (χ0) is 23.8. The maximum atomic E-state index is 12.6. The van der Waals surface area contributed by atoms with Crippen molar-refractivity contribution in [2.75, 3.05) is 13.7 Å². The molecule has 0 spiro atoms. The summed E-state index contributed by atoms with van der Waals surface area (Å²) in [6.07, 6.45) is -0.509. The molecule has 0 saturated carbocycles. The number of amides is 1. The molecule has 0 heterocycles. The first-order valence-corrected chi connectivity index (χ1v) is 11.3. The number of benzene rings is 3. The Balaban J connectivity index is 1.84. The summed E-state index contributed by atoms with van der Waals surface area (Å²) in [7, 11) is 1.37. The van der Waals surface area contributed by atoms with E-state index in [1.165, 1.54) is 7.11 Å². The summed E-state index contributed by atoms with van der Waals surface area (Å²) in [6, 6.07) is 22.6. The lowest BCUT2D eigenvalue weighted by atomic mass is 10.0. The molecule has 1 amide bonds. The summed E-state index contributed by atoms with van der Waals surface area (Å²) < 4.78 is 12.0. The molecule has 0 aromatic heterocycles. The van der Waals surface area contributed by atoms with Gasteiger partial charge in [0, 0.05) is 16.6 Å². The van der Waals surface area contributed by atoms with Crippen LogP contribution < -0.4 is 4.74 Å². The van der Waals surface area contributed by atoms with Crippen LogP contribution in [0.25, 0.3) is 0 Å². The molecule has 0 unspecified atom stereocenters. The molecule has 6 nitrogen and oxygen atoms in total. The van der Waals surface area contributed by atoms with Gasteiger partial charge in [0.2, 0.25) is 0 Å². The summed E-state index contributed by atoms with van der Waals surface area (Å²) in [5.74, 6) is 0.304. The second-order valence-electron chi connectivity index (χ2n) is 7.73. The molecule has 0 aliphatic carbocycles. The van der Waals surface area contributed by atoms with Crippen LogP contribution in [0.4, 0.5) is 4.79 Å². The lowest BCUT2D eigenvalue weighted by Gasteiger charge is -2.26. The molecule has 0 aliphatic heterocycles. The first-order chi connectivity index (χ1) is 15.9. The highest BCUT2D eigenvalue weighted by molar-refractivity contribution is 9.10. The third-order valence-electron chi connectivity index (χ3n) is 5.16. The predicted octanol–water partition coefficient (Wildman–Crippen LogP) is 6.24. The van der Waals surface area contributed by atoms with E-state index in [2.05, 4.69) is 22.9 Å². The first-order valence-electron chi connectivity index (χ1n) is 10.5. The Hall–Kier alpha value is -3.32. The fourth-order valence-corrected chi connectivity index (χ4v) is 3.96. The Morgan fingerprint density at radius 1 is 1.03 bits per heavy atom. The van der Waals surface area contributed by atoms with Crippen molar-refractivity contribution in [3.63, 3.8) is 0 Å². The lowest BCUT2D eigenvalue weighted by molar-refractivity contribution is -0.136. The van der Waals surface area contributed by atoms with Gasteiger partial charge < -0.3 is 19.5 Å². The maximum Gasteiger partial charge on any atom is 0.409 e. The van der Waals surface area contributed by atoms with Gasteiger partial charge >= 0.3 is 12.1 Å². The zero-order valence-corrected chi connectivity index (χ0v) is 20.1. The lowest BCUT2D eigenvalue weighted by Crippen LogP contribution is -2.33. The molecule has 0 aliphatic rings. The van der Waals surface area contributed by atoms with Crippen molar-refractivity contribution in [2.24, 2.45) is 0 Å². The van der Waals surface area contributed by atoms with Crippen molar-refractivity contribution >= 4 is 28.0 Å². The molecule has 172 valence electrons. The van der Waals surface area contributed by atoms with Crippen LogP contribution in [-0.2, 0) is 22.5 Å². The number of halogens is 1. The molecule has 33 heavy (non-hydrogen) atoms. The SMILES string of the molecule is COC(=O)N(Cc1cc(Br)ccc1Oc1cccc(CC(=O)O)c1)C[C@@H](C)c1ccccc1. The van der Waals surface area contributed by atoms with E-state index in [4.69, 9.17) is 14.6 Å². The van der Waals surface area contributed by atoms with Crippen molar-refractivity contribution in [1.82, 2.24) is 4.90 Å². The number of aliphatic carboxylic acids is 1. The van der Waals surface area contributed by atoms with Crippen LogP contribution in [0.2, 0.25) is 0 Å². The van der Waals surface area contributed by atoms with Gasteiger partial charge in [-0.2, -0.15) is 0 Å². The summed E-state index contributed by atoms with van der Waals surface area (Å²) in [5.41, 5.74) is 2.57. The average molecular weight is 512 g/mol. The van der Waals surface area contributed by atoms with Crippen LogP contribution in [0.5, 0.6) is 11.5 Å². The van der Waals surface area contributed by atoms with Crippen molar-refractivity contribution < 1.29 is 24.2 Å². The summed E-state index contributed by atoms with van der Waals surface area (Å²) >= 11 is 3.50. The van der Waals surface area contributed by atoms with Gasteiger partial charge in [0.1, 0.15) is 11.5 Å². The highest BCUT2D eigenvalue weighted by Crippen LogP contribution is 2.30. The Labute approximate surface area is 201 Å². The van der Waals surface area contributed by atoms with Crippen LogP contribution in [0.15, 0.2) is 77.3 Å². The van der Waals surface area contributed by atoms with E-state index in [0.29, 0.717) is 23.6 Å². The van der Waals surface area contributed by atoms with E-state index in [1.54, 1.807) is 29.2 Å². The van der Waals surface area contributed by atoms with Crippen LogP contribution in [-0.4, -0.2) is 35.7 Å². The van der Waals surface area contributed by atoms with E-state index >= 15 is 0 Å². The molecule has 3 aromatic carbocycles. The topological polar surface area (TPSA) is 76.1 Å². The Bertz CT molecular complexity index is 1100. The number of hydrogen-bond donors (Lipinski definition) is 1. The highest BCUT2D eigenvalue weighted by Gasteiger charge is 2.21. The van der Waals surface area contributed by atoms with Crippen LogP contribution in [0.3, 0.4) is 0 Å². The third-order valence-corrected chi connectivity index (χ3v) is 5.65.